The Morgan fingerprint density at radius 1 is 1.00 bits per heavy atom. The van der Waals surface area contributed by atoms with Crippen molar-refractivity contribution in [3.63, 3.8) is 0 Å². The van der Waals surface area contributed by atoms with Crippen LogP contribution >= 0.6 is 0 Å². The Morgan fingerprint density at radius 3 is 2.54 bits per heavy atom. The van der Waals surface area contributed by atoms with Gasteiger partial charge in [0, 0.05) is 5.69 Å². The van der Waals surface area contributed by atoms with Gasteiger partial charge in [0.25, 0.3) is 5.91 Å². The van der Waals surface area contributed by atoms with Gasteiger partial charge in [0.1, 0.15) is 0 Å². The van der Waals surface area contributed by atoms with Gasteiger partial charge in [-0.1, -0.05) is 35.9 Å². The summed E-state index contributed by atoms with van der Waals surface area (Å²) in [6, 6.07) is 12.0. The highest BCUT2D eigenvalue weighted by Gasteiger charge is 2.13. The van der Waals surface area contributed by atoms with E-state index in [1.54, 1.807) is 0 Å². The number of amides is 1. The molecule has 2 aromatic rings. The Kier molecular flexibility index (Phi) is 5.71. The van der Waals surface area contributed by atoms with Crippen LogP contribution in [-0.4, -0.2) is 18.5 Å². The number of anilines is 1. The predicted octanol–water partition coefficient (Wildman–Crippen LogP) is 3.91. The lowest BCUT2D eigenvalue weighted by molar-refractivity contribution is -0.146. The average molecular weight is 351 g/mol. The number of benzene rings is 2. The first-order valence-corrected chi connectivity index (χ1v) is 9.14. The van der Waals surface area contributed by atoms with Gasteiger partial charge >= 0.3 is 5.97 Å². The Labute approximate surface area is 154 Å². The normalized spacial score (nSPS) is 13.0. The second kappa shape index (κ2) is 8.17. The van der Waals surface area contributed by atoms with E-state index in [1.165, 1.54) is 24.0 Å². The van der Waals surface area contributed by atoms with Crippen molar-refractivity contribution in [3.05, 3.63) is 64.2 Å². The third-order valence-electron chi connectivity index (χ3n) is 4.78. The van der Waals surface area contributed by atoms with Gasteiger partial charge in [-0.25, -0.2) is 0 Å². The molecule has 136 valence electrons. The van der Waals surface area contributed by atoms with Crippen LogP contribution in [0.4, 0.5) is 5.69 Å². The zero-order valence-corrected chi connectivity index (χ0v) is 15.4. The molecule has 1 N–H and O–H groups in total. The highest BCUT2D eigenvalue weighted by atomic mass is 16.5. The van der Waals surface area contributed by atoms with Gasteiger partial charge in [0.05, 0.1) is 6.42 Å². The summed E-state index contributed by atoms with van der Waals surface area (Å²) in [4.78, 5) is 24.1. The SMILES string of the molecule is Cc1ccc(NC(=O)COC(=O)Cc2ccc3c(c2)CCCC3)c(C)c1. The van der Waals surface area contributed by atoms with Gasteiger partial charge in [0.15, 0.2) is 6.61 Å². The summed E-state index contributed by atoms with van der Waals surface area (Å²) in [6.45, 7) is 3.67. The minimum atomic E-state index is -0.378. The summed E-state index contributed by atoms with van der Waals surface area (Å²) >= 11 is 0. The van der Waals surface area contributed by atoms with Gasteiger partial charge in [-0.3, -0.25) is 9.59 Å². The molecule has 0 atom stereocenters. The maximum atomic E-state index is 12.0. The van der Waals surface area contributed by atoms with Crippen LogP contribution in [0, 0.1) is 13.8 Å². The predicted molar refractivity (Wildman–Crippen MR) is 102 cm³/mol. The second-order valence-corrected chi connectivity index (χ2v) is 7.01. The number of esters is 1. The van der Waals surface area contributed by atoms with Gasteiger partial charge in [-0.15, -0.1) is 0 Å². The van der Waals surface area contributed by atoms with Crippen molar-refractivity contribution in [2.75, 3.05) is 11.9 Å². The van der Waals surface area contributed by atoms with Gasteiger partial charge in [-0.2, -0.15) is 0 Å². The highest BCUT2D eigenvalue weighted by Crippen LogP contribution is 2.22. The Bertz CT molecular complexity index is 826. The average Bonchev–Trinajstić information content (AvgIpc) is 2.62. The Balaban J connectivity index is 1.50. The molecular formula is C22H25NO3. The van der Waals surface area contributed by atoms with Gasteiger partial charge in [-0.05, 0) is 67.9 Å². The molecule has 0 bridgehead atoms. The number of ether oxygens (including phenoxy) is 1. The Morgan fingerprint density at radius 2 is 1.77 bits per heavy atom. The lowest BCUT2D eigenvalue weighted by Crippen LogP contribution is -2.22. The molecule has 4 heteroatoms. The summed E-state index contributed by atoms with van der Waals surface area (Å²) in [7, 11) is 0. The maximum Gasteiger partial charge on any atom is 0.310 e. The van der Waals surface area contributed by atoms with Crippen LogP contribution in [0.15, 0.2) is 36.4 Å². The molecule has 3 rings (SSSR count). The third-order valence-corrected chi connectivity index (χ3v) is 4.78. The van der Waals surface area contributed by atoms with E-state index in [4.69, 9.17) is 4.74 Å². The van der Waals surface area contributed by atoms with Crippen LogP contribution in [0.5, 0.6) is 0 Å². The standard InChI is InChI=1S/C22H25NO3/c1-15-7-10-20(16(2)11-15)23-21(24)14-26-22(25)13-17-8-9-18-5-3-4-6-19(18)12-17/h7-12H,3-6,13-14H2,1-2H3,(H,23,24). The molecule has 0 aliphatic heterocycles. The summed E-state index contributed by atoms with van der Waals surface area (Å²) in [5.41, 5.74) is 6.54. The lowest BCUT2D eigenvalue weighted by Gasteiger charge is -2.16. The molecular weight excluding hydrogens is 326 g/mol. The van der Waals surface area contributed by atoms with Crippen molar-refractivity contribution >= 4 is 17.6 Å². The molecule has 0 aromatic heterocycles. The van der Waals surface area contributed by atoms with E-state index in [9.17, 15) is 9.59 Å². The van der Waals surface area contributed by atoms with Crippen LogP contribution in [-0.2, 0) is 33.6 Å². The molecule has 4 nitrogen and oxygen atoms in total. The molecule has 0 spiro atoms. The number of carbonyl (C=O) groups is 2. The number of fused-ring (bicyclic) bond motifs is 1. The Hall–Kier alpha value is -2.62. The number of rotatable bonds is 5. The molecule has 0 unspecified atom stereocenters. The molecule has 1 aliphatic carbocycles. The smallest absolute Gasteiger partial charge is 0.310 e. The van der Waals surface area contributed by atoms with Crippen molar-refractivity contribution in [2.45, 2.75) is 46.0 Å². The van der Waals surface area contributed by atoms with Crippen molar-refractivity contribution in [2.24, 2.45) is 0 Å². The van der Waals surface area contributed by atoms with E-state index in [0.29, 0.717) is 0 Å². The molecule has 26 heavy (non-hydrogen) atoms. The fraction of sp³-hybridized carbons (Fsp3) is 0.364. The molecule has 1 aliphatic rings. The van der Waals surface area contributed by atoms with Gasteiger partial charge in [0.2, 0.25) is 0 Å². The minimum absolute atomic E-state index is 0.199. The van der Waals surface area contributed by atoms with Crippen LogP contribution in [0.1, 0.15) is 40.7 Å². The topological polar surface area (TPSA) is 55.4 Å². The van der Waals surface area contributed by atoms with E-state index in [-0.39, 0.29) is 24.9 Å². The zero-order chi connectivity index (χ0) is 18.5. The number of hydrogen-bond donors (Lipinski definition) is 1. The van der Waals surface area contributed by atoms with Gasteiger partial charge < -0.3 is 10.1 Å². The fourth-order valence-electron chi connectivity index (χ4n) is 3.40. The number of carbonyl (C=O) groups excluding carboxylic acids is 2. The van der Waals surface area contributed by atoms with E-state index < -0.39 is 0 Å². The zero-order valence-electron chi connectivity index (χ0n) is 15.4. The van der Waals surface area contributed by atoms with Crippen molar-refractivity contribution in [1.82, 2.24) is 0 Å². The maximum absolute atomic E-state index is 12.0. The van der Waals surface area contributed by atoms with E-state index >= 15 is 0 Å². The summed E-state index contributed by atoms with van der Waals surface area (Å²) in [5, 5.41) is 2.78. The molecule has 0 heterocycles. The summed E-state index contributed by atoms with van der Waals surface area (Å²) in [5.74, 6) is -0.702. The van der Waals surface area contributed by atoms with E-state index in [0.717, 1.165) is 35.2 Å². The minimum Gasteiger partial charge on any atom is -0.455 e. The number of aryl methyl sites for hydroxylation is 4. The lowest BCUT2D eigenvalue weighted by atomic mass is 9.90. The first-order chi connectivity index (χ1) is 12.5. The molecule has 1 amide bonds. The highest BCUT2D eigenvalue weighted by molar-refractivity contribution is 5.93. The molecule has 0 radical (unpaired) electrons. The van der Waals surface area contributed by atoms with Crippen LogP contribution in [0.25, 0.3) is 0 Å². The summed E-state index contributed by atoms with van der Waals surface area (Å²) < 4.78 is 5.14. The molecule has 2 aromatic carbocycles. The fourth-order valence-corrected chi connectivity index (χ4v) is 3.40. The number of hydrogen-bond acceptors (Lipinski definition) is 3. The number of nitrogens with one attached hydrogen (secondary N) is 1. The van der Waals surface area contributed by atoms with E-state index in [1.807, 2.05) is 38.1 Å². The first kappa shape index (κ1) is 18.2. The molecule has 0 fully saturated rings. The van der Waals surface area contributed by atoms with Crippen molar-refractivity contribution < 1.29 is 14.3 Å². The van der Waals surface area contributed by atoms with Crippen LogP contribution in [0.2, 0.25) is 0 Å². The second-order valence-electron chi connectivity index (χ2n) is 7.01. The van der Waals surface area contributed by atoms with E-state index in [2.05, 4.69) is 17.4 Å². The van der Waals surface area contributed by atoms with Crippen molar-refractivity contribution in [1.29, 1.82) is 0 Å². The largest absolute Gasteiger partial charge is 0.455 e. The van der Waals surface area contributed by atoms with Crippen molar-refractivity contribution in [3.8, 4) is 0 Å². The monoisotopic (exact) mass is 351 g/mol. The first-order valence-electron chi connectivity index (χ1n) is 9.14. The quantitative estimate of drug-likeness (QED) is 0.831. The van der Waals surface area contributed by atoms with Crippen LogP contribution in [0.3, 0.4) is 0 Å². The molecule has 0 saturated carbocycles. The summed E-state index contributed by atoms with van der Waals surface area (Å²) in [6.07, 6.45) is 4.85. The van der Waals surface area contributed by atoms with Crippen LogP contribution < -0.4 is 5.32 Å². The third kappa shape index (κ3) is 4.72. The molecule has 0 saturated heterocycles.